The van der Waals surface area contributed by atoms with Gasteiger partial charge in [-0.1, -0.05) is 39.0 Å². The zero-order chi connectivity index (χ0) is 12.0. The van der Waals surface area contributed by atoms with Crippen molar-refractivity contribution in [1.29, 1.82) is 0 Å². The van der Waals surface area contributed by atoms with Gasteiger partial charge >= 0.3 is 0 Å². The molecule has 94 valence electrons. The van der Waals surface area contributed by atoms with E-state index >= 15 is 0 Å². The van der Waals surface area contributed by atoms with Crippen LogP contribution in [-0.2, 0) is 4.79 Å². The van der Waals surface area contributed by atoms with Crippen molar-refractivity contribution >= 4 is 5.91 Å². The van der Waals surface area contributed by atoms with Crippen LogP contribution in [0, 0.1) is 11.8 Å². The molecule has 16 heavy (non-hydrogen) atoms. The predicted molar refractivity (Wildman–Crippen MR) is 68.3 cm³/mol. The second-order valence-corrected chi connectivity index (χ2v) is 5.54. The number of hydrogen-bond acceptors (Lipinski definition) is 1. The van der Waals surface area contributed by atoms with E-state index in [1.807, 2.05) is 13.8 Å². The standard InChI is InChI=1S/C14H27NO/c1-4-7-13(14(16)15-11(2)3)10-12-8-5-6-9-12/h11-13H,4-10H2,1-3H3,(H,15,16). The fourth-order valence-corrected chi connectivity index (χ4v) is 2.76. The highest BCUT2D eigenvalue weighted by Gasteiger charge is 2.24. The molecule has 1 N–H and O–H groups in total. The molecule has 1 rings (SSSR count). The van der Waals surface area contributed by atoms with Crippen molar-refractivity contribution in [2.45, 2.75) is 71.8 Å². The van der Waals surface area contributed by atoms with Crippen molar-refractivity contribution in [3.63, 3.8) is 0 Å². The van der Waals surface area contributed by atoms with Crippen LogP contribution >= 0.6 is 0 Å². The molecule has 0 aromatic rings. The fraction of sp³-hybridized carbons (Fsp3) is 0.929. The molecule has 1 aliphatic rings. The lowest BCUT2D eigenvalue weighted by Gasteiger charge is -2.20. The van der Waals surface area contributed by atoms with Gasteiger partial charge in [0.15, 0.2) is 0 Å². The molecule has 0 aromatic heterocycles. The zero-order valence-corrected chi connectivity index (χ0v) is 11.1. The molecular weight excluding hydrogens is 198 g/mol. The Morgan fingerprint density at radius 2 is 1.94 bits per heavy atom. The van der Waals surface area contributed by atoms with E-state index in [-0.39, 0.29) is 17.9 Å². The lowest BCUT2D eigenvalue weighted by atomic mass is 9.89. The lowest BCUT2D eigenvalue weighted by molar-refractivity contribution is -0.126. The van der Waals surface area contributed by atoms with Crippen LogP contribution in [0.4, 0.5) is 0 Å². The molecule has 1 saturated carbocycles. The van der Waals surface area contributed by atoms with Crippen LogP contribution in [0.2, 0.25) is 0 Å². The average Bonchev–Trinajstić information content (AvgIpc) is 2.68. The summed E-state index contributed by atoms with van der Waals surface area (Å²) in [5.74, 6) is 1.36. The summed E-state index contributed by atoms with van der Waals surface area (Å²) in [6.45, 7) is 6.25. The molecule has 1 aliphatic carbocycles. The maximum atomic E-state index is 12.0. The van der Waals surface area contributed by atoms with Gasteiger partial charge in [-0.3, -0.25) is 4.79 Å². The zero-order valence-electron chi connectivity index (χ0n) is 11.1. The Hall–Kier alpha value is -0.530. The van der Waals surface area contributed by atoms with Gasteiger partial charge in [0.2, 0.25) is 5.91 Å². The summed E-state index contributed by atoms with van der Waals surface area (Å²) in [7, 11) is 0. The van der Waals surface area contributed by atoms with Crippen LogP contribution in [-0.4, -0.2) is 11.9 Å². The van der Waals surface area contributed by atoms with Gasteiger partial charge in [-0.05, 0) is 32.6 Å². The second kappa shape index (κ2) is 6.93. The summed E-state index contributed by atoms with van der Waals surface area (Å²) >= 11 is 0. The van der Waals surface area contributed by atoms with Crippen LogP contribution in [0.3, 0.4) is 0 Å². The predicted octanol–water partition coefficient (Wildman–Crippen LogP) is 3.51. The van der Waals surface area contributed by atoms with Gasteiger partial charge in [-0.15, -0.1) is 0 Å². The van der Waals surface area contributed by atoms with E-state index < -0.39 is 0 Å². The summed E-state index contributed by atoms with van der Waals surface area (Å²) in [6, 6.07) is 0.274. The molecule has 0 aliphatic heterocycles. The number of carbonyl (C=O) groups excluding carboxylic acids is 1. The van der Waals surface area contributed by atoms with Gasteiger partial charge in [-0.2, -0.15) is 0 Å². The van der Waals surface area contributed by atoms with Crippen molar-refractivity contribution < 1.29 is 4.79 Å². The van der Waals surface area contributed by atoms with E-state index in [0.29, 0.717) is 0 Å². The molecule has 0 radical (unpaired) electrons. The first-order valence-corrected chi connectivity index (χ1v) is 6.93. The SMILES string of the molecule is CCCC(CC1CCCC1)C(=O)NC(C)C. The molecule has 2 heteroatoms. The average molecular weight is 225 g/mol. The number of hydrogen-bond donors (Lipinski definition) is 1. The lowest BCUT2D eigenvalue weighted by Crippen LogP contribution is -2.36. The summed E-state index contributed by atoms with van der Waals surface area (Å²) in [6.07, 6.45) is 8.71. The fourth-order valence-electron chi connectivity index (χ4n) is 2.76. The first-order valence-electron chi connectivity index (χ1n) is 6.93. The maximum absolute atomic E-state index is 12.0. The Balaban J connectivity index is 2.41. The highest BCUT2D eigenvalue weighted by atomic mass is 16.1. The Morgan fingerprint density at radius 1 is 1.31 bits per heavy atom. The van der Waals surface area contributed by atoms with Crippen molar-refractivity contribution in [3.05, 3.63) is 0 Å². The van der Waals surface area contributed by atoms with Gasteiger partial charge < -0.3 is 5.32 Å². The van der Waals surface area contributed by atoms with Crippen molar-refractivity contribution in [3.8, 4) is 0 Å². The normalized spacial score (nSPS) is 19.0. The summed E-state index contributed by atoms with van der Waals surface area (Å²) in [4.78, 5) is 12.0. The third-order valence-corrected chi connectivity index (χ3v) is 3.53. The summed E-state index contributed by atoms with van der Waals surface area (Å²) in [5, 5.41) is 3.06. The smallest absolute Gasteiger partial charge is 0.223 e. The van der Waals surface area contributed by atoms with Crippen molar-refractivity contribution in [2.24, 2.45) is 11.8 Å². The largest absolute Gasteiger partial charge is 0.354 e. The summed E-state index contributed by atoms with van der Waals surface area (Å²) < 4.78 is 0. The highest BCUT2D eigenvalue weighted by Crippen LogP contribution is 2.31. The Labute approximate surface area is 100 Å². The molecule has 0 bridgehead atoms. The van der Waals surface area contributed by atoms with E-state index in [1.165, 1.54) is 25.7 Å². The maximum Gasteiger partial charge on any atom is 0.223 e. The molecule has 1 amide bonds. The molecule has 1 atom stereocenters. The second-order valence-electron chi connectivity index (χ2n) is 5.54. The van der Waals surface area contributed by atoms with Gasteiger partial charge in [0.25, 0.3) is 0 Å². The minimum absolute atomic E-state index is 0.260. The van der Waals surface area contributed by atoms with Crippen LogP contribution in [0.25, 0.3) is 0 Å². The first kappa shape index (κ1) is 13.5. The molecule has 1 unspecified atom stereocenters. The number of nitrogens with one attached hydrogen (secondary N) is 1. The third kappa shape index (κ3) is 4.54. The minimum atomic E-state index is 0.260. The van der Waals surface area contributed by atoms with E-state index in [4.69, 9.17) is 0 Å². The minimum Gasteiger partial charge on any atom is -0.354 e. The molecule has 1 fully saturated rings. The van der Waals surface area contributed by atoms with Gasteiger partial charge in [0.1, 0.15) is 0 Å². The molecule has 0 heterocycles. The molecule has 0 spiro atoms. The van der Waals surface area contributed by atoms with Crippen LogP contribution in [0.5, 0.6) is 0 Å². The molecular formula is C14H27NO. The van der Waals surface area contributed by atoms with E-state index in [2.05, 4.69) is 12.2 Å². The number of amides is 1. The Kier molecular flexibility index (Phi) is 5.86. The monoisotopic (exact) mass is 225 g/mol. The van der Waals surface area contributed by atoms with Crippen LogP contribution in [0.15, 0.2) is 0 Å². The Morgan fingerprint density at radius 3 is 2.44 bits per heavy atom. The summed E-state index contributed by atoms with van der Waals surface area (Å²) in [5.41, 5.74) is 0. The number of rotatable bonds is 6. The van der Waals surface area contributed by atoms with Crippen molar-refractivity contribution in [2.75, 3.05) is 0 Å². The van der Waals surface area contributed by atoms with Crippen molar-refractivity contribution in [1.82, 2.24) is 5.32 Å². The highest BCUT2D eigenvalue weighted by molar-refractivity contribution is 5.78. The van der Waals surface area contributed by atoms with Gasteiger partial charge in [0.05, 0.1) is 0 Å². The van der Waals surface area contributed by atoms with E-state index in [0.717, 1.165) is 25.2 Å². The molecule has 0 aromatic carbocycles. The first-order chi connectivity index (χ1) is 7.63. The van der Waals surface area contributed by atoms with E-state index in [1.54, 1.807) is 0 Å². The quantitative estimate of drug-likeness (QED) is 0.736. The van der Waals surface area contributed by atoms with Crippen LogP contribution in [0.1, 0.15) is 65.7 Å². The topological polar surface area (TPSA) is 29.1 Å². The Bertz CT molecular complexity index is 207. The van der Waals surface area contributed by atoms with Gasteiger partial charge in [0, 0.05) is 12.0 Å². The molecule has 0 saturated heterocycles. The van der Waals surface area contributed by atoms with E-state index in [9.17, 15) is 4.79 Å². The van der Waals surface area contributed by atoms with Gasteiger partial charge in [-0.25, -0.2) is 0 Å². The van der Waals surface area contributed by atoms with Crippen LogP contribution < -0.4 is 5.32 Å². The number of carbonyl (C=O) groups is 1. The third-order valence-electron chi connectivity index (χ3n) is 3.53. The molecule has 2 nitrogen and oxygen atoms in total.